The van der Waals surface area contributed by atoms with Gasteiger partial charge in [0.2, 0.25) is 0 Å². The molecular weight excluding hydrogens is 346 g/mol. The number of aliphatic hydroxyl groups is 1. The Bertz CT molecular complexity index is 940. The number of carbonyl (C=O) groups is 1. The van der Waals surface area contributed by atoms with E-state index in [2.05, 4.69) is 0 Å². The maximum atomic E-state index is 13.0. The molecule has 1 aliphatic heterocycles. The van der Waals surface area contributed by atoms with E-state index in [1.54, 1.807) is 23.1 Å². The van der Waals surface area contributed by atoms with Gasteiger partial charge in [0, 0.05) is 29.1 Å². The first kappa shape index (κ1) is 16.8. The van der Waals surface area contributed by atoms with Crippen LogP contribution in [0.2, 0.25) is 5.02 Å². The molecule has 130 valence electrons. The Labute approximate surface area is 157 Å². The molecule has 0 aliphatic carbocycles. The van der Waals surface area contributed by atoms with Gasteiger partial charge in [-0.25, -0.2) is 0 Å². The largest absolute Gasteiger partial charge is 0.366 e. The average molecular weight is 364 g/mol. The molecule has 1 atom stereocenters. The molecule has 1 aliphatic rings. The zero-order chi connectivity index (χ0) is 18.1. The second kappa shape index (κ2) is 6.60. The van der Waals surface area contributed by atoms with E-state index in [0.717, 1.165) is 11.1 Å². The highest BCUT2D eigenvalue weighted by molar-refractivity contribution is 6.30. The first-order chi connectivity index (χ1) is 12.6. The van der Waals surface area contributed by atoms with Gasteiger partial charge in [-0.05, 0) is 29.3 Å². The Morgan fingerprint density at radius 2 is 1.50 bits per heavy atom. The molecule has 0 fully saturated rings. The maximum absolute atomic E-state index is 13.0. The maximum Gasteiger partial charge on any atom is 0.257 e. The van der Waals surface area contributed by atoms with E-state index in [4.69, 9.17) is 11.6 Å². The minimum atomic E-state index is -1.38. The highest BCUT2D eigenvalue weighted by atomic mass is 35.5. The fraction of sp³-hybridized carbons (Fsp3) is 0.136. The molecule has 4 rings (SSSR count). The Morgan fingerprint density at radius 3 is 2.23 bits per heavy atom. The van der Waals surface area contributed by atoms with Crippen LogP contribution < -0.4 is 0 Å². The molecule has 3 aromatic rings. The van der Waals surface area contributed by atoms with Crippen LogP contribution in [0.25, 0.3) is 0 Å². The van der Waals surface area contributed by atoms with Crippen molar-refractivity contribution in [3.05, 3.63) is 106 Å². The molecule has 0 bridgehead atoms. The quantitative estimate of drug-likeness (QED) is 0.747. The molecule has 1 amide bonds. The van der Waals surface area contributed by atoms with Crippen LogP contribution in [0.15, 0.2) is 78.9 Å². The summed E-state index contributed by atoms with van der Waals surface area (Å²) in [6.45, 7) is 0.314. The van der Waals surface area contributed by atoms with Crippen LogP contribution in [0.3, 0.4) is 0 Å². The summed E-state index contributed by atoms with van der Waals surface area (Å²) in [6, 6.07) is 24.4. The third-order valence-electron chi connectivity index (χ3n) is 4.83. The monoisotopic (exact) mass is 363 g/mol. The van der Waals surface area contributed by atoms with Crippen molar-refractivity contribution in [2.24, 2.45) is 0 Å². The van der Waals surface area contributed by atoms with Crippen molar-refractivity contribution in [1.29, 1.82) is 0 Å². The van der Waals surface area contributed by atoms with Gasteiger partial charge in [-0.2, -0.15) is 0 Å². The van der Waals surface area contributed by atoms with E-state index in [1.165, 1.54) is 0 Å². The van der Waals surface area contributed by atoms with Gasteiger partial charge in [0.1, 0.15) is 0 Å². The van der Waals surface area contributed by atoms with E-state index in [9.17, 15) is 9.90 Å². The summed E-state index contributed by atoms with van der Waals surface area (Å²) in [5.41, 5.74) is 1.72. The van der Waals surface area contributed by atoms with Crippen molar-refractivity contribution in [3.63, 3.8) is 0 Å². The van der Waals surface area contributed by atoms with Crippen LogP contribution in [-0.4, -0.2) is 15.9 Å². The number of amides is 1. The van der Waals surface area contributed by atoms with Crippen LogP contribution in [0.5, 0.6) is 0 Å². The van der Waals surface area contributed by atoms with Gasteiger partial charge in [0.15, 0.2) is 5.72 Å². The van der Waals surface area contributed by atoms with Gasteiger partial charge in [0.25, 0.3) is 5.91 Å². The molecule has 0 aromatic heterocycles. The first-order valence-corrected chi connectivity index (χ1v) is 8.88. The topological polar surface area (TPSA) is 40.5 Å². The highest BCUT2D eigenvalue weighted by Gasteiger charge is 2.48. The fourth-order valence-electron chi connectivity index (χ4n) is 3.52. The van der Waals surface area contributed by atoms with Gasteiger partial charge in [-0.3, -0.25) is 4.79 Å². The molecule has 3 aromatic carbocycles. The lowest BCUT2D eigenvalue weighted by molar-refractivity contribution is -0.0878. The Hall–Kier alpha value is -2.62. The number of fused-ring (bicyclic) bond motifs is 1. The van der Waals surface area contributed by atoms with E-state index in [0.29, 0.717) is 29.1 Å². The molecular formula is C22H18ClNO2. The predicted octanol–water partition coefficient (Wildman–Crippen LogP) is 4.38. The van der Waals surface area contributed by atoms with E-state index >= 15 is 0 Å². The number of benzene rings is 3. The molecule has 1 heterocycles. The second-order valence-corrected chi connectivity index (χ2v) is 6.98. The zero-order valence-corrected chi connectivity index (χ0v) is 14.9. The van der Waals surface area contributed by atoms with Crippen LogP contribution in [0.1, 0.15) is 27.0 Å². The molecule has 0 unspecified atom stereocenters. The Kier molecular flexibility index (Phi) is 4.27. The lowest BCUT2D eigenvalue weighted by Gasteiger charge is -2.34. The summed E-state index contributed by atoms with van der Waals surface area (Å²) in [5, 5.41) is 12.3. The number of carbonyl (C=O) groups excluding carboxylic acids is 1. The fourth-order valence-corrected chi connectivity index (χ4v) is 3.65. The SMILES string of the molecule is O=C1c2ccccc2[C@](O)(Cc2ccccc2)N1Cc1ccc(Cl)cc1. The van der Waals surface area contributed by atoms with Crippen molar-refractivity contribution in [1.82, 2.24) is 4.90 Å². The third-order valence-corrected chi connectivity index (χ3v) is 5.08. The summed E-state index contributed by atoms with van der Waals surface area (Å²) < 4.78 is 0. The molecule has 0 spiro atoms. The van der Waals surface area contributed by atoms with E-state index < -0.39 is 5.72 Å². The summed E-state index contributed by atoms with van der Waals surface area (Å²) in [7, 11) is 0. The second-order valence-electron chi connectivity index (χ2n) is 6.54. The molecule has 0 radical (unpaired) electrons. The molecule has 1 N–H and O–H groups in total. The summed E-state index contributed by atoms with van der Waals surface area (Å²) >= 11 is 5.96. The number of hydrogen-bond acceptors (Lipinski definition) is 2. The number of rotatable bonds is 4. The first-order valence-electron chi connectivity index (χ1n) is 8.50. The molecule has 0 saturated carbocycles. The zero-order valence-electron chi connectivity index (χ0n) is 14.1. The normalized spacial score (nSPS) is 18.8. The number of hydrogen-bond donors (Lipinski definition) is 1. The van der Waals surface area contributed by atoms with Gasteiger partial charge < -0.3 is 10.0 Å². The smallest absolute Gasteiger partial charge is 0.257 e. The number of nitrogens with zero attached hydrogens (tertiary/aromatic N) is 1. The Balaban J connectivity index is 1.75. The Morgan fingerprint density at radius 1 is 0.846 bits per heavy atom. The van der Waals surface area contributed by atoms with E-state index in [-0.39, 0.29) is 5.91 Å². The van der Waals surface area contributed by atoms with Gasteiger partial charge in [-0.1, -0.05) is 72.3 Å². The summed E-state index contributed by atoms with van der Waals surface area (Å²) in [5.74, 6) is -0.158. The lowest BCUT2D eigenvalue weighted by atomic mass is 9.94. The van der Waals surface area contributed by atoms with Crippen molar-refractivity contribution in [2.75, 3.05) is 0 Å². The molecule has 3 nitrogen and oxygen atoms in total. The average Bonchev–Trinajstić information content (AvgIpc) is 2.86. The van der Waals surface area contributed by atoms with Crippen molar-refractivity contribution < 1.29 is 9.90 Å². The summed E-state index contributed by atoms with van der Waals surface area (Å²) in [6.07, 6.45) is 0.337. The molecule has 26 heavy (non-hydrogen) atoms. The number of halogens is 1. The van der Waals surface area contributed by atoms with Crippen molar-refractivity contribution in [3.8, 4) is 0 Å². The van der Waals surface area contributed by atoms with Gasteiger partial charge in [-0.15, -0.1) is 0 Å². The summed E-state index contributed by atoms with van der Waals surface area (Å²) in [4.78, 5) is 14.6. The van der Waals surface area contributed by atoms with Crippen LogP contribution in [0, 0.1) is 0 Å². The third kappa shape index (κ3) is 2.90. The van der Waals surface area contributed by atoms with Crippen LogP contribution >= 0.6 is 11.6 Å². The van der Waals surface area contributed by atoms with Crippen molar-refractivity contribution >= 4 is 17.5 Å². The lowest BCUT2D eigenvalue weighted by Crippen LogP contribution is -2.45. The standard InChI is InChI=1S/C22H18ClNO2/c23-18-12-10-17(11-13-18)15-24-21(25)19-8-4-5-9-20(19)22(24,26)14-16-6-2-1-3-7-16/h1-13,26H,14-15H2/t22-/m1/s1. The highest BCUT2D eigenvalue weighted by Crippen LogP contribution is 2.40. The molecule has 0 saturated heterocycles. The predicted molar refractivity (Wildman–Crippen MR) is 102 cm³/mol. The van der Waals surface area contributed by atoms with Gasteiger partial charge in [0.05, 0.1) is 0 Å². The van der Waals surface area contributed by atoms with Gasteiger partial charge >= 0.3 is 0 Å². The van der Waals surface area contributed by atoms with Crippen LogP contribution in [-0.2, 0) is 18.7 Å². The van der Waals surface area contributed by atoms with Crippen LogP contribution in [0.4, 0.5) is 0 Å². The molecule has 4 heteroatoms. The van der Waals surface area contributed by atoms with Crippen molar-refractivity contribution in [2.45, 2.75) is 18.7 Å². The minimum absolute atomic E-state index is 0.158. The van der Waals surface area contributed by atoms with E-state index in [1.807, 2.05) is 60.7 Å². The minimum Gasteiger partial charge on any atom is -0.366 e.